The molecular weight excluding hydrogens is 174 g/mol. The normalized spacial score (nSPS) is 23.4. The Morgan fingerprint density at radius 3 is 2.79 bits per heavy atom. The van der Waals surface area contributed by atoms with Gasteiger partial charge in [-0.1, -0.05) is 5.57 Å². The maximum absolute atomic E-state index is 11.2. The van der Waals surface area contributed by atoms with Gasteiger partial charge in [-0.15, -0.1) is 6.58 Å². The van der Waals surface area contributed by atoms with Crippen LogP contribution < -0.4 is 0 Å². The number of Topliss-reactive ketones (excluding diaryl/α,β-unsaturated/α-hetero) is 1. The maximum Gasteiger partial charge on any atom is 0.134 e. The molecule has 0 amide bonds. The van der Waals surface area contributed by atoms with Crippen LogP contribution in [0.1, 0.15) is 33.1 Å². The molecule has 0 aromatic rings. The van der Waals surface area contributed by atoms with Crippen LogP contribution in [0.15, 0.2) is 12.2 Å². The minimum atomic E-state index is 0.286. The van der Waals surface area contributed by atoms with Gasteiger partial charge in [0.2, 0.25) is 0 Å². The third-order valence-electron chi connectivity index (χ3n) is 2.94. The average molecular weight is 195 g/mol. The average Bonchev–Trinajstić information content (AvgIpc) is 2.15. The summed E-state index contributed by atoms with van der Waals surface area (Å²) < 4.78 is 0. The Morgan fingerprint density at radius 2 is 2.21 bits per heavy atom. The second-order valence-corrected chi connectivity index (χ2v) is 4.46. The van der Waals surface area contributed by atoms with Crippen molar-refractivity contribution in [3.63, 3.8) is 0 Å². The SMILES string of the molecule is C=C(C)CCN1CCCC(C(C)=O)C1. The highest BCUT2D eigenvalue weighted by molar-refractivity contribution is 5.78. The molecule has 1 aliphatic rings. The van der Waals surface area contributed by atoms with Crippen LogP contribution in [0.25, 0.3) is 0 Å². The lowest BCUT2D eigenvalue weighted by atomic mass is 9.94. The van der Waals surface area contributed by atoms with E-state index < -0.39 is 0 Å². The quantitative estimate of drug-likeness (QED) is 0.641. The van der Waals surface area contributed by atoms with Crippen LogP contribution in [0.2, 0.25) is 0 Å². The van der Waals surface area contributed by atoms with E-state index in [-0.39, 0.29) is 5.92 Å². The fourth-order valence-corrected chi connectivity index (χ4v) is 1.94. The van der Waals surface area contributed by atoms with Gasteiger partial charge in [0, 0.05) is 19.0 Å². The molecule has 0 aromatic carbocycles. The van der Waals surface area contributed by atoms with Crippen LogP contribution in [-0.2, 0) is 4.79 Å². The molecule has 0 spiro atoms. The number of rotatable bonds is 4. The number of carbonyl (C=O) groups is 1. The van der Waals surface area contributed by atoms with Crippen molar-refractivity contribution in [2.24, 2.45) is 5.92 Å². The van der Waals surface area contributed by atoms with Crippen LogP contribution in [-0.4, -0.2) is 30.3 Å². The summed E-state index contributed by atoms with van der Waals surface area (Å²) in [6, 6.07) is 0. The van der Waals surface area contributed by atoms with Crippen LogP contribution in [0.5, 0.6) is 0 Å². The van der Waals surface area contributed by atoms with Gasteiger partial charge in [0.1, 0.15) is 5.78 Å². The summed E-state index contributed by atoms with van der Waals surface area (Å²) in [6.45, 7) is 10.9. The summed E-state index contributed by atoms with van der Waals surface area (Å²) in [5.41, 5.74) is 1.23. The van der Waals surface area contributed by atoms with Gasteiger partial charge in [-0.05, 0) is 39.7 Å². The molecule has 1 unspecified atom stereocenters. The maximum atomic E-state index is 11.2. The molecule has 1 heterocycles. The zero-order chi connectivity index (χ0) is 10.6. The predicted molar refractivity (Wildman–Crippen MR) is 59.3 cm³/mol. The van der Waals surface area contributed by atoms with Crippen molar-refractivity contribution in [1.29, 1.82) is 0 Å². The van der Waals surface area contributed by atoms with Crippen molar-refractivity contribution >= 4 is 5.78 Å². The van der Waals surface area contributed by atoms with Crippen LogP contribution >= 0.6 is 0 Å². The summed E-state index contributed by atoms with van der Waals surface area (Å²) in [4.78, 5) is 13.6. The Bertz CT molecular complexity index is 222. The summed E-state index contributed by atoms with van der Waals surface area (Å²) >= 11 is 0. The van der Waals surface area contributed by atoms with Crippen molar-refractivity contribution in [1.82, 2.24) is 4.90 Å². The Balaban J connectivity index is 2.32. The third-order valence-corrected chi connectivity index (χ3v) is 2.94. The minimum absolute atomic E-state index is 0.286. The van der Waals surface area contributed by atoms with Crippen molar-refractivity contribution in [2.45, 2.75) is 33.1 Å². The van der Waals surface area contributed by atoms with Gasteiger partial charge < -0.3 is 4.90 Å². The number of nitrogens with zero attached hydrogens (tertiary/aromatic N) is 1. The van der Waals surface area contributed by atoms with Gasteiger partial charge in [-0.3, -0.25) is 4.79 Å². The predicted octanol–water partition coefficient (Wildman–Crippen LogP) is 2.25. The molecular formula is C12H21NO. The Morgan fingerprint density at radius 1 is 1.50 bits per heavy atom. The molecule has 0 saturated carbocycles. The molecule has 1 saturated heterocycles. The molecule has 80 valence electrons. The number of hydrogen-bond donors (Lipinski definition) is 0. The largest absolute Gasteiger partial charge is 0.302 e. The molecule has 0 bridgehead atoms. The van der Waals surface area contributed by atoms with E-state index in [0.29, 0.717) is 5.78 Å². The number of likely N-dealkylation sites (tertiary alicyclic amines) is 1. The van der Waals surface area contributed by atoms with Crippen LogP contribution in [0.3, 0.4) is 0 Å². The van der Waals surface area contributed by atoms with E-state index >= 15 is 0 Å². The summed E-state index contributed by atoms with van der Waals surface area (Å²) in [5.74, 6) is 0.638. The number of piperidine rings is 1. The first-order chi connectivity index (χ1) is 6.59. The topological polar surface area (TPSA) is 20.3 Å². The number of hydrogen-bond acceptors (Lipinski definition) is 2. The zero-order valence-electron chi connectivity index (χ0n) is 9.38. The summed E-state index contributed by atoms with van der Waals surface area (Å²) in [5, 5.41) is 0. The first-order valence-electron chi connectivity index (χ1n) is 5.47. The van der Waals surface area contributed by atoms with E-state index in [1.807, 2.05) is 0 Å². The number of ketones is 1. The highest BCUT2D eigenvalue weighted by atomic mass is 16.1. The van der Waals surface area contributed by atoms with Gasteiger partial charge in [0.15, 0.2) is 0 Å². The highest BCUT2D eigenvalue weighted by Gasteiger charge is 2.22. The minimum Gasteiger partial charge on any atom is -0.302 e. The first kappa shape index (κ1) is 11.4. The van der Waals surface area contributed by atoms with Gasteiger partial charge in [0.25, 0.3) is 0 Å². The standard InChI is InChI=1S/C12H21NO/c1-10(2)6-8-13-7-4-5-12(9-13)11(3)14/h12H,1,4-9H2,2-3H3. The lowest BCUT2D eigenvalue weighted by Gasteiger charge is -2.31. The third kappa shape index (κ3) is 3.62. The van der Waals surface area contributed by atoms with E-state index in [1.54, 1.807) is 6.92 Å². The van der Waals surface area contributed by atoms with Crippen molar-refractivity contribution in [3.8, 4) is 0 Å². The molecule has 2 nitrogen and oxygen atoms in total. The first-order valence-corrected chi connectivity index (χ1v) is 5.47. The fraction of sp³-hybridized carbons (Fsp3) is 0.750. The molecule has 1 atom stereocenters. The fourth-order valence-electron chi connectivity index (χ4n) is 1.94. The molecule has 2 heteroatoms. The van der Waals surface area contributed by atoms with E-state index in [2.05, 4.69) is 18.4 Å². The highest BCUT2D eigenvalue weighted by Crippen LogP contribution is 2.17. The van der Waals surface area contributed by atoms with Gasteiger partial charge in [-0.25, -0.2) is 0 Å². The molecule has 14 heavy (non-hydrogen) atoms. The van der Waals surface area contributed by atoms with Crippen molar-refractivity contribution < 1.29 is 4.79 Å². The molecule has 0 radical (unpaired) electrons. The molecule has 0 aliphatic carbocycles. The molecule has 1 fully saturated rings. The summed E-state index contributed by atoms with van der Waals surface area (Å²) in [7, 11) is 0. The lowest BCUT2D eigenvalue weighted by molar-refractivity contribution is -0.122. The molecule has 1 aliphatic heterocycles. The van der Waals surface area contributed by atoms with Gasteiger partial charge in [0.05, 0.1) is 0 Å². The second kappa shape index (κ2) is 5.30. The molecule has 0 N–H and O–H groups in total. The van der Waals surface area contributed by atoms with Crippen LogP contribution in [0.4, 0.5) is 0 Å². The van der Waals surface area contributed by atoms with Gasteiger partial charge >= 0.3 is 0 Å². The summed E-state index contributed by atoms with van der Waals surface area (Å²) in [6.07, 6.45) is 3.31. The van der Waals surface area contributed by atoms with E-state index in [9.17, 15) is 4.79 Å². The monoisotopic (exact) mass is 195 g/mol. The smallest absolute Gasteiger partial charge is 0.134 e. The zero-order valence-corrected chi connectivity index (χ0v) is 9.38. The molecule has 1 rings (SSSR count). The van der Waals surface area contributed by atoms with E-state index in [4.69, 9.17) is 0 Å². The van der Waals surface area contributed by atoms with Crippen molar-refractivity contribution in [2.75, 3.05) is 19.6 Å². The van der Waals surface area contributed by atoms with Crippen molar-refractivity contribution in [3.05, 3.63) is 12.2 Å². The Labute approximate surface area is 87.0 Å². The van der Waals surface area contributed by atoms with Crippen LogP contribution in [0, 0.1) is 5.92 Å². The Hall–Kier alpha value is -0.630. The van der Waals surface area contributed by atoms with Gasteiger partial charge in [-0.2, -0.15) is 0 Å². The lowest BCUT2D eigenvalue weighted by Crippen LogP contribution is -2.38. The molecule has 0 aromatic heterocycles. The second-order valence-electron chi connectivity index (χ2n) is 4.46. The number of carbonyl (C=O) groups excluding carboxylic acids is 1. The van der Waals surface area contributed by atoms with E-state index in [1.165, 1.54) is 12.0 Å². The van der Waals surface area contributed by atoms with E-state index in [0.717, 1.165) is 32.5 Å². The Kier molecular flexibility index (Phi) is 4.33.